The maximum Gasteiger partial charge on any atom is 0.229 e. The van der Waals surface area contributed by atoms with E-state index in [1.165, 1.54) is 0 Å². The van der Waals surface area contributed by atoms with Gasteiger partial charge in [-0.1, -0.05) is 27.7 Å². The molecule has 12 heavy (non-hydrogen) atoms. The molecule has 0 bridgehead atoms. The summed E-state index contributed by atoms with van der Waals surface area (Å²) in [6, 6.07) is 0. The maximum absolute atomic E-state index is 11.8. The molecule has 0 amide bonds. The van der Waals surface area contributed by atoms with Gasteiger partial charge in [0.05, 0.1) is 0 Å². The molecule has 0 spiro atoms. The highest BCUT2D eigenvalue weighted by molar-refractivity contribution is 7.39. The fraction of sp³-hybridized carbons (Fsp3) is 1.00. The lowest BCUT2D eigenvalue weighted by atomic mass is 10.7. The molecule has 0 unspecified atom stereocenters. The first kappa shape index (κ1) is 12.0. The van der Waals surface area contributed by atoms with Crippen molar-refractivity contribution >= 4 is 8.10 Å². The first-order valence-corrected chi connectivity index (χ1v) is 5.84. The van der Waals surface area contributed by atoms with Crippen LogP contribution in [0.25, 0.3) is 0 Å². The van der Waals surface area contributed by atoms with E-state index in [0.29, 0.717) is 0 Å². The van der Waals surface area contributed by atoms with Crippen molar-refractivity contribution in [2.45, 2.75) is 27.7 Å². The summed E-state index contributed by atoms with van der Waals surface area (Å²) >= 11 is 0. The lowest BCUT2D eigenvalue weighted by molar-refractivity contribution is 0.381. The summed E-state index contributed by atoms with van der Waals surface area (Å²) in [5, 5.41) is 0. The van der Waals surface area contributed by atoms with Gasteiger partial charge >= 0.3 is 0 Å². The molecule has 0 aromatic carbocycles. The molecule has 3 nitrogen and oxygen atoms in total. The van der Waals surface area contributed by atoms with Crippen LogP contribution >= 0.6 is 8.10 Å². The Balaban J connectivity index is 4.12. The SMILES string of the molecule is CCN(CC)[P](=O)N(CC)CC. The third-order valence-corrected chi connectivity index (χ3v) is 4.04. The molecule has 0 saturated heterocycles. The summed E-state index contributed by atoms with van der Waals surface area (Å²) in [5.74, 6) is 0. The highest BCUT2D eigenvalue weighted by Crippen LogP contribution is 2.30. The second-order valence-electron chi connectivity index (χ2n) is 2.53. The Kier molecular flexibility index (Phi) is 6.54. The van der Waals surface area contributed by atoms with Gasteiger partial charge in [-0.15, -0.1) is 0 Å². The highest BCUT2D eigenvalue weighted by Gasteiger charge is 2.15. The van der Waals surface area contributed by atoms with E-state index < -0.39 is 8.10 Å². The van der Waals surface area contributed by atoms with Crippen LogP contribution in [0.5, 0.6) is 0 Å². The van der Waals surface area contributed by atoms with Crippen molar-refractivity contribution in [3.63, 3.8) is 0 Å². The molecule has 73 valence electrons. The average Bonchev–Trinajstić information content (AvgIpc) is 2.09. The van der Waals surface area contributed by atoms with Gasteiger partial charge in [0, 0.05) is 26.2 Å². The van der Waals surface area contributed by atoms with Gasteiger partial charge in [0.15, 0.2) is 0 Å². The van der Waals surface area contributed by atoms with E-state index in [1.54, 1.807) is 0 Å². The minimum atomic E-state index is -1.29. The van der Waals surface area contributed by atoms with Crippen molar-refractivity contribution in [3.05, 3.63) is 0 Å². The first-order chi connectivity index (χ1) is 5.71. The number of hydrogen-bond donors (Lipinski definition) is 0. The molecule has 0 heterocycles. The van der Waals surface area contributed by atoms with E-state index in [4.69, 9.17) is 0 Å². The van der Waals surface area contributed by atoms with Crippen LogP contribution in [0.3, 0.4) is 0 Å². The number of hydrogen-bond acceptors (Lipinski definition) is 1. The van der Waals surface area contributed by atoms with Crippen LogP contribution in [-0.4, -0.2) is 35.5 Å². The molecule has 0 atom stereocenters. The predicted molar refractivity (Wildman–Crippen MR) is 53.4 cm³/mol. The standard InChI is InChI=1S/C8H20N2OP/c1-5-9(6-2)12(11)10(7-3)8-4/h5-8H2,1-4H3. The fourth-order valence-electron chi connectivity index (χ4n) is 1.11. The molecular formula is C8H20N2OP. The molecule has 4 heteroatoms. The van der Waals surface area contributed by atoms with Crippen LogP contribution in [0.2, 0.25) is 0 Å². The summed E-state index contributed by atoms with van der Waals surface area (Å²) in [5.41, 5.74) is 0. The minimum Gasteiger partial charge on any atom is -0.251 e. The van der Waals surface area contributed by atoms with Crippen molar-refractivity contribution in [2.24, 2.45) is 0 Å². The van der Waals surface area contributed by atoms with Crippen LogP contribution in [0, 0.1) is 0 Å². The van der Waals surface area contributed by atoms with Gasteiger partial charge in [0.1, 0.15) is 0 Å². The summed E-state index contributed by atoms with van der Waals surface area (Å²) in [6.07, 6.45) is 0. The van der Waals surface area contributed by atoms with Gasteiger partial charge in [-0.25, -0.2) is 9.34 Å². The molecule has 0 N–H and O–H groups in total. The third-order valence-electron chi connectivity index (χ3n) is 1.94. The number of rotatable bonds is 6. The van der Waals surface area contributed by atoms with Crippen molar-refractivity contribution in [2.75, 3.05) is 26.2 Å². The van der Waals surface area contributed by atoms with E-state index in [-0.39, 0.29) is 0 Å². The Bertz CT molecular complexity index is 119. The summed E-state index contributed by atoms with van der Waals surface area (Å²) in [4.78, 5) is 0. The lowest BCUT2D eigenvalue weighted by Crippen LogP contribution is -2.25. The Morgan fingerprint density at radius 3 is 1.25 bits per heavy atom. The van der Waals surface area contributed by atoms with Crippen molar-refractivity contribution in [1.82, 2.24) is 9.34 Å². The Morgan fingerprint density at radius 1 is 0.833 bits per heavy atom. The van der Waals surface area contributed by atoms with E-state index >= 15 is 0 Å². The fourth-order valence-corrected chi connectivity index (χ4v) is 2.44. The van der Waals surface area contributed by atoms with Crippen molar-refractivity contribution < 1.29 is 4.57 Å². The van der Waals surface area contributed by atoms with Crippen LogP contribution in [0.1, 0.15) is 27.7 Å². The molecular weight excluding hydrogens is 171 g/mol. The highest BCUT2D eigenvalue weighted by atomic mass is 31.1. The molecule has 0 fully saturated rings. The predicted octanol–water partition coefficient (Wildman–Crippen LogP) is 2.33. The molecule has 0 saturated carbocycles. The quantitative estimate of drug-likeness (QED) is 0.602. The topological polar surface area (TPSA) is 23.6 Å². The number of nitrogens with zero attached hydrogens (tertiary/aromatic N) is 2. The summed E-state index contributed by atoms with van der Waals surface area (Å²) in [6.45, 7) is 11.6. The molecule has 0 aromatic heterocycles. The van der Waals surface area contributed by atoms with E-state index in [9.17, 15) is 4.57 Å². The van der Waals surface area contributed by atoms with Gasteiger partial charge in [-0.2, -0.15) is 0 Å². The van der Waals surface area contributed by atoms with Crippen LogP contribution in [-0.2, 0) is 4.57 Å². The van der Waals surface area contributed by atoms with Gasteiger partial charge < -0.3 is 0 Å². The molecule has 0 aliphatic carbocycles. The first-order valence-electron chi connectivity index (χ1n) is 4.68. The van der Waals surface area contributed by atoms with Crippen LogP contribution in [0.15, 0.2) is 0 Å². The smallest absolute Gasteiger partial charge is 0.229 e. The second-order valence-corrected chi connectivity index (χ2v) is 4.17. The maximum atomic E-state index is 11.8. The zero-order valence-electron chi connectivity index (χ0n) is 8.58. The van der Waals surface area contributed by atoms with Crippen molar-refractivity contribution in [1.29, 1.82) is 0 Å². The lowest BCUT2D eigenvalue weighted by Gasteiger charge is -2.24. The second kappa shape index (κ2) is 6.53. The summed E-state index contributed by atoms with van der Waals surface area (Å²) < 4.78 is 15.7. The van der Waals surface area contributed by atoms with E-state index in [1.807, 2.05) is 37.0 Å². The third kappa shape index (κ3) is 3.18. The minimum absolute atomic E-state index is 0.863. The zero-order chi connectivity index (χ0) is 9.56. The molecule has 0 aliphatic heterocycles. The summed E-state index contributed by atoms with van der Waals surface area (Å²) in [7, 11) is -1.29. The monoisotopic (exact) mass is 191 g/mol. The van der Waals surface area contributed by atoms with Gasteiger partial charge in [-0.3, -0.25) is 4.57 Å². The Morgan fingerprint density at radius 2 is 1.08 bits per heavy atom. The van der Waals surface area contributed by atoms with Crippen molar-refractivity contribution in [3.8, 4) is 0 Å². The van der Waals surface area contributed by atoms with Gasteiger partial charge in [-0.05, 0) is 0 Å². The van der Waals surface area contributed by atoms with Crippen LogP contribution < -0.4 is 0 Å². The van der Waals surface area contributed by atoms with Crippen LogP contribution in [0.4, 0.5) is 0 Å². The zero-order valence-corrected chi connectivity index (χ0v) is 9.47. The average molecular weight is 191 g/mol. The van der Waals surface area contributed by atoms with E-state index in [0.717, 1.165) is 26.2 Å². The molecule has 0 aromatic rings. The molecule has 1 radical (unpaired) electrons. The molecule has 0 aliphatic rings. The van der Waals surface area contributed by atoms with Gasteiger partial charge in [0.2, 0.25) is 8.10 Å². The normalized spacial score (nSPS) is 11.2. The largest absolute Gasteiger partial charge is 0.251 e. The Labute approximate surface area is 76.6 Å². The molecule has 0 rings (SSSR count). The van der Waals surface area contributed by atoms with E-state index in [2.05, 4.69) is 0 Å². The Hall–Kier alpha value is 0.0200. The van der Waals surface area contributed by atoms with Gasteiger partial charge in [0.25, 0.3) is 0 Å².